The molecule has 7 aromatic carbocycles. The summed E-state index contributed by atoms with van der Waals surface area (Å²) in [6, 6.07) is 65.8. The number of thioether (sulfide) groups is 1. The molecule has 0 radical (unpaired) electrons. The Balaban J connectivity index is 0.909. The number of benzene rings is 7. The van der Waals surface area contributed by atoms with Crippen LogP contribution < -0.4 is 0 Å². The Morgan fingerprint density at radius 1 is 0.482 bits per heavy atom. The van der Waals surface area contributed by atoms with Crippen LogP contribution in [0.2, 0.25) is 0 Å². The fraction of sp³-hybridized carbons (Fsp3) is 0.0392. The molecule has 0 bridgehead atoms. The minimum atomic E-state index is 0.420. The van der Waals surface area contributed by atoms with Crippen LogP contribution in [0.25, 0.3) is 81.5 Å². The molecule has 4 heterocycles. The van der Waals surface area contributed by atoms with E-state index in [2.05, 4.69) is 185 Å². The maximum Gasteiger partial charge on any atom is 0.0991 e. The minimum absolute atomic E-state index is 0.420. The molecule has 11 rings (SSSR count). The van der Waals surface area contributed by atoms with Crippen LogP contribution in [0.4, 0.5) is 0 Å². The number of hydrogen-bond donors (Lipinski definition) is 0. The zero-order chi connectivity index (χ0) is 37.2. The monoisotopic (exact) mass is 751 g/mol. The molecule has 3 nitrogen and oxygen atoms in total. The summed E-state index contributed by atoms with van der Waals surface area (Å²) in [4.78, 5) is 3.99. The summed E-state index contributed by atoms with van der Waals surface area (Å²) in [5.74, 6) is 0. The third-order valence-corrected chi connectivity index (χ3v) is 13.9. The van der Waals surface area contributed by atoms with Crippen molar-refractivity contribution in [2.45, 2.75) is 11.7 Å². The minimum Gasteiger partial charge on any atom is -0.309 e. The van der Waals surface area contributed by atoms with Crippen LogP contribution in [0.3, 0.4) is 0 Å². The quantitative estimate of drug-likeness (QED) is 0.170. The molecule has 0 saturated heterocycles. The fourth-order valence-corrected chi connectivity index (χ4v) is 10.9. The molecular weight excluding hydrogens is 719 g/mol. The first kappa shape index (κ1) is 32.8. The van der Waals surface area contributed by atoms with Crippen molar-refractivity contribution >= 4 is 71.6 Å². The Morgan fingerprint density at radius 2 is 1.07 bits per heavy atom. The second-order valence-electron chi connectivity index (χ2n) is 14.4. The van der Waals surface area contributed by atoms with Gasteiger partial charge in [0.15, 0.2) is 0 Å². The van der Waals surface area contributed by atoms with Crippen molar-refractivity contribution in [2.75, 3.05) is 0 Å². The number of thiophene rings is 1. The van der Waals surface area contributed by atoms with Crippen molar-refractivity contribution in [2.24, 2.45) is 0 Å². The molecule has 1 aliphatic heterocycles. The molecular formula is C51H33N3S2. The average molecular weight is 752 g/mol. The van der Waals surface area contributed by atoms with Gasteiger partial charge in [-0.3, -0.25) is 0 Å². The van der Waals surface area contributed by atoms with Gasteiger partial charge in [-0.25, -0.2) is 0 Å². The molecule has 3 aromatic heterocycles. The summed E-state index contributed by atoms with van der Waals surface area (Å²) in [6.07, 6.45) is 3.36. The maximum absolute atomic E-state index is 9.17. The number of rotatable bonds is 6. The number of allylic oxidation sites excluding steroid dienone is 1. The highest BCUT2D eigenvalue weighted by molar-refractivity contribution is 8.08. The second kappa shape index (κ2) is 13.3. The summed E-state index contributed by atoms with van der Waals surface area (Å²) < 4.78 is 4.79. The van der Waals surface area contributed by atoms with Crippen molar-refractivity contribution in [3.8, 4) is 39.0 Å². The lowest BCUT2D eigenvalue weighted by Gasteiger charge is -2.11. The van der Waals surface area contributed by atoms with Gasteiger partial charge in [0.25, 0.3) is 0 Å². The smallest absolute Gasteiger partial charge is 0.0991 e. The third-order valence-electron chi connectivity index (χ3n) is 11.1. The third kappa shape index (κ3) is 5.41. The predicted octanol–water partition coefficient (Wildman–Crippen LogP) is 14.4. The Kier molecular flexibility index (Phi) is 7.80. The van der Waals surface area contributed by atoms with Crippen LogP contribution in [-0.4, -0.2) is 9.13 Å². The Hall–Kier alpha value is -6.58. The SMILES string of the molecule is N#Cc1ccc(C2=CCC(c3ccc(-c4ccc(-c5ccc6c(c5)c5ccccc5n6-c5ccc6c(c5)c5ccccc5n6-c5ccccc5)cc4)s3)S2)cc1. The molecule has 1 aliphatic rings. The molecule has 0 amide bonds. The lowest BCUT2D eigenvalue weighted by atomic mass is 10.0. The summed E-state index contributed by atoms with van der Waals surface area (Å²) in [5, 5.41) is 14.6. The standard InChI is InChI=1S/C51H33N3S2/c52-32-33-14-16-35(17-15-33)48-26-28-50(55-48)51-29-27-49(56-51)36-20-18-34(19-21-36)37-22-24-46-42(30-37)40-10-4-7-13-45(40)54(46)39-23-25-47-43(31-39)41-11-5-6-12-44(41)53(47)38-8-2-1-3-9-38/h1-27,29-31,50H,28H2. The van der Waals surface area contributed by atoms with Crippen molar-refractivity contribution in [1.29, 1.82) is 5.26 Å². The summed E-state index contributed by atoms with van der Waals surface area (Å²) in [5.41, 5.74) is 12.7. The molecule has 5 heteroatoms. The van der Waals surface area contributed by atoms with Crippen molar-refractivity contribution in [3.63, 3.8) is 0 Å². The first-order chi connectivity index (χ1) is 27.7. The highest BCUT2D eigenvalue weighted by atomic mass is 32.2. The molecule has 0 fully saturated rings. The molecule has 0 N–H and O–H groups in total. The van der Waals surface area contributed by atoms with Gasteiger partial charge in [-0.2, -0.15) is 5.26 Å². The van der Waals surface area contributed by atoms with Crippen LogP contribution in [0.5, 0.6) is 0 Å². The molecule has 0 aliphatic carbocycles. The van der Waals surface area contributed by atoms with Crippen LogP contribution in [0.15, 0.2) is 182 Å². The zero-order valence-corrected chi connectivity index (χ0v) is 31.9. The molecule has 1 atom stereocenters. The molecule has 0 spiro atoms. The van der Waals surface area contributed by atoms with Gasteiger partial charge in [0, 0.05) is 52.8 Å². The lowest BCUT2D eigenvalue weighted by Crippen LogP contribution is -1.95. The number of aromatic nitrogens is 2. The van der Waals surface area contributed by atoms with Crippen LogP contribution >= 0.6 is 23.1 Å². The Bertz CT molecular complexity index is 3190. The summed E-state index contributed by atoms with van der Waals surface area (Å²) >= 11 is 3.82. The van der Waals surface area contributed by atoms with Crippen molar-refractivity contribution in [1.82, 2.24) is 9.13 Å². The molecule has 264 valence electrons. The zero-order valence-electron chi connectivity index (χ0n) is 30.3. The normalized spacial score (nSPS) is 14.2. The highest BCUT2D eigenvalue weighted by Crippen LogP contribution is 2.50. The molecule has 0 saturated carbocycles. The largest absolute Gasteiger partial charge is 0.309 e. The second-order valence-corrected chi connectivity index (χ2v) is 16.7. The van der Waals surface area contributed by atoms with Crippen LogP contribution in [0, 0.1) is 11.3 Å². The van der Waals surface area contributed by atoms with Crippen LogP contribution in [-0.2, 0) is 0 Å². The van der Waals surface area contributed by atoms with Gasteiger partial charge in [0.05, 0.1) is 33.7 Å². The first-order valence-electron chi connectivity index (χ1n) is 18.9. The summed E-state index contributed by atoms with van der Waals surface area (Å²) in [6.45, 7) is 0. The number of para-hydroxylation sites is 3. The Morgan fingerprint density at radius 3 is 1.80 bits per heavy atom. The molecule has 56 heavy (non-hydrogen) atoms. The maximum atomic E-state index is 9.17. The van der Waals surface area contributed by atoms with Gasteiger partial charge in [-0.15, -0.1) is 23.1 Å². The van der Waals surface area contributed by atoms with Gasteiger partial charge in [-0.05, 0) is 108 Å². The highest BCUT2D eigenvalue weighted by Gasteiger charge is 2.23. The van der Waals surface area contributed by atoms with Gasteiger partial charge >= 0.3 is 0 Å². The van der Waals surface area contributed by atoms with Gasteiger partial charge < -0.3 is 9.13 Å². The summed E-state index contributed by atoms with van der Waals surface area (Å²) in [7, 11) is 0. The first-order valence-corrected chi connectivity index (χ1v) is 20.6. The van der Waals surface area contributed by atoms with Crippen molar-refractivity contribution < 1.29 is 0 Å². The topological polar surface area (TPSA) is 33.6 Å². The van der Waals surface area contributed by atoms with Gasteiger partial charge in [0.1, 0.15) is 0 Å². The Labute approximate surface area is 333 Å². The van der Waals surface area contributed by atoms with Gasteiger partial charge in [-0.1, -0.05) is 103 Å². The fourth-order valence-electron chi connectivity index (χ4n) is 8.43. The predicted molar refractivity (Wildman–Crippen MR) is 238 cm³/mol. The number of nitrogens with zero attached hydrogens (tertiary/aromatic N) is 3. The molecule has 10 aromatic rings. The van der Waals surface area contributed by atoms with E-state index in [0.717, 1.165) is 12.1 Å². The van der Waals surface area contributed by atoms with Crippen LogP contribution in [0.1, 0.15) is 27.7 Å². The van der Waals surface area contributed by atoms with Crippen molar-refractivity contribution in [3.05, 3.63) is 198 Å². The number of fused-ring (bicyclic) bond motifs is 6. The van der Waals surface area contributed by atoms with E-state index in [1.165, 1.54) is 86.2 Å². The van der Waals surface area contributed by atoms with Gasteiger partial charge in [0.2, 0.25) is 0 Å². The lowest BCUT2D eigenvalue weighted by molar-refractivity contribution is 1.02. The van der Waals surface area contributed by atoms with E-state index in [4.69, 9.17) is 5.26 Å². The van der Waals surface area contributed by atoms with E-state index >= 15 is 0 Å². The van der Waals surface area contributed by atoms with E-state index in [0.29, 0.717) is 10.8 Å². The van der Waals surface area contributed by atoms with E-state index < -0.39 is 0 Å². The van der Waals surface area contributed by atoms with E-state index in [9.17, 15) is 0 Å². The van der Waals surface area contributed by atoms with E-state index in [1.807, 2.05) is 35.2 Å². The molecule has 1 unspecified atom stereocenters. The number of nitriles is 1. The number of hydrogen-bond acceptors (Lipinski definition) is 3. The van der Waals surface area contributed by atoms with E-state index in [-0.39, 0.29) is 0 Å². The average Bonchev–Trinajstić information content (AvgIpc) is 4.08. The van der Waals surface area contributed by atoms with E-state index in [1.54, 1.807) is 0 Å².